The number of H-pyrrole nitrogens is 1. The Bertz CT molecular complexity index is 583. The van der Waals surface area contributed by atoms with Gasteiger partial charge in [0, 0.05) is 16.9 Å². The zero-order valence-electron chi connectivity index (χ0n) is 11.4. The molecule has 0 aliphatic carbocycles. The van der Waals surface area contributed by atoms with Gasteiger partial charge in [0.05, 0.1) is 0 Å². The summed E-state index contributed by atoms with van der Waals surface area (Å²) in [6, 6.07) is 6.34. The molecule has 1 atom stereocenters. The summed E-state index contributed by atoms with van der Waals surface area (Å²) in [5.74, 6) is -0.0300. The number of amides is 1. The van der Waals surface area contributed by atoms with Crippen LogP contribution in [0.3, 0.4) is 0 Å². The van der Waals surface area contributed by atoms with Crippen LogP contribution in [0.25, 0.3) is 10.9 Å². The molecule has 96 valence electrons. The van der Waals surface area contributed by atoms with Crippen LogP contribution in [-0.4, -0.2) is 16.9 Å². The monoisotopic (exact) mass is 244 g/mol. The topological polar surface area (TPSA) is 44.9 Å². The predicted octanol–water partition coefficient (Wildman–Crippen LogP) is 3.31. The van der Waals surface area contributed by atoms with Crippen LogP contribution >= 0.6 is 0 Å². The lowest BCUT2D eigenvalue weighted by atomic mass is 10.1. The number of aromatic nitrogens is 1. The Hall–Kier alpha value is -1.77. The van der Waals surface area contributed by atoms with Gasteiger partial charge in [0.2, 0.25) is 0 Å². The van der Waals surface area contributed by atoms with E-state index in [1.165, 1.54) is 11.1 Å². The lowest BCUT2D eigenvalue weighted by molar-refractivity contribution is 0.0935. The normalized spacial score (nSPS) is 12.7. The Balaban J connectivity index is 2.35. The molecule has 3 nitrogen and oxygen atoms in total. The zero-order valence-corrected chi connectivity index (χ0v) is 11.4. The van der Waals surface area contributed by atoms with E-state index in [1.807, 2.05) is 13.0 Å². The average molecular weight is 244 g/mol. The SMILES string of the molecule is CC[C@@H](C)NC(=O)c1cc2c(C)cc(C)cc2[nH]1. The first kappa shape index (κ1) is 12.7. The van der Waals surface area contributed by atoms with E-state index in [9.17, 15) is 4.79 Å². The summed E-state index contributed by atoms with van der Waals surface area (Å²) in [6.45, 7) is 8.20. The maximum atomic E-state index is 12.0. The number of fused-ring (bicyclic) bond motifs is 1. The number of carbonyl (C=O) groups is 1. The molecule has 1 heterocycles. The van der Waals surface area contributed by atoms with Crippen LogP contribution in [0, 0.1) is 13.8 Å². The lowest BCUT2D eigenvalue weighted by Gasteiger charge is -2.09. The van der Waals surface area contributed by atoms with Gasteiger partial charge in [-0.2, -0.15) is 0 Å². The van der Waals surface area contributed by atoms with Crippen molar-refractivity contribution in [3.8, 4) is 0 Å². The van der Waals surface area contributed by atoms with Gasteiger partial charge in [-0.1, -0.05) is 13.0 Å². The molecule has 0 fully saturated rings. The number of nitrogens with one attached hydrogen (secondary N) is 2. The third-order valence-corrected chi connectivity index (χ3v) is 3.32. The molecule has 0 radical (unpaired) electrons. The van der Waals surface area contributed by atoms with Gasteiger partial charge in [-0.25, -0.2) is 0 Å². The standard InChI is InChI=1S/C15H20N2O/c1-5-11(4)16-15(18)14-8-12-10(3)6-9(2)7-13(12)17-14/h6-8,11,17H,5H2,1-4H3,(H,16,18)/t11-/m1/s1. The zero-order chi connectivity index (χ0) is 13.3. The van der Waals surface area contributed by atoms with Gasteiger partial charge in [-0.15, -0.1) is 0 Å². The molecule has 0 saturated heterocycles. The van der Waals surface area contributed by atoms with Crippen LogP contribution < -0.4 is 5.32 Å². The van der Waals surface area contributed by atoms with Crippen LogP contribution in [-0.2, 0) is 0 Å². The fraction of sp³-hybridized carbons (Fsp3) is 0.400. The van der Waals surface area contributed by atoms with Crippen LogP contribution in [0.2, 0.25) is 0 Å². The first-order valence-corrected chi connectivity index (χ1v) is 6.42. The molecule has 1 amide bonds. The third kappa shape index (κ3) is 2.40. The molecule has 0 spiro atoms. The minimum absolute atomic E-state index is 0.0300. The van der Waals surface area contributed by atoms with Gasteiger partial charge in [0.1, 0.15) is 5.69 Å². The maximum absolute atomic E-state index is 12.0. The Morgan fingerprint density at radius 3 is 2.72 bits per heavy atom. The summed E-state index contributed by atoms with van der Waals surface area (Å²) in [5.41, 5.74) is 4.07. The second kappa shape index (κ2) is 4.84. The minimum Gasteiger partial charge on any atom is -0.351 e. The molecule has 0 aliphatic heterocycles. The Morgan fingerprint density at radius 1 is 1.33 bits per heavy atom. The highest BCUT2D eigenvalue weighted by atomic mass is 16.1. The molecule has 18 heavy (non-hydrogen) atoms. The highest BCUT2D eigenvalue weighted by Gasteiger charge is 2.12. The minimum atomic E-state index is -0.0300. The van der Waals surface area contributed by atoms with Crippen molar-refractivity contribution >= 4 is 16.8 Å². The Morgan fingerprint density at radius 2 is 2.06 bits per heavy atom. The van der Waals surface area contributed by atoms with Gasteiger partial charge in [0.25, 0.3) is 5.91 Å². The second-order valence-corrected chi connectivity index (χ2v) is 5.01. The van der Waals surface area contributed by atoms with Crippen molar-refractivity contribution in [1.29, 1.82) is 0 Å². The first-order chi connectivity index (χ1) is 8.51. The smallest absolute Gasteiger partial charge is 0.267 e. The van der Waals surface area contributed by atoms with E-state index in [0.717, 1.165) is 17.3 Å². The second-order valence-electron chi connectivity index (χ2n) is 5.01. The number of aromatic amines is 1. The molecule has 3 heteroatoms. The molecule has 2 aromatic rings. The van der Waals surface area contributed by atoms with Gasteiger partial charge < -0.3 is 10.3 Å². The van der Waals surface area contributed by atoms with Gasteiger partial charge >= 0.3 is 0 Å². The molecular weight excluding hydrogens is 224 g/mol. The van der Waals surface area contributed by atoms with Crippen LogP contribution in [0.15, 0.2) is 18.2 Å². The quantitative estimate of drug-likeness (QED) is 0.854. The number of rotatable bonds is 3. The van der Waals surface area contributed by atoms with Crippen molar-refractivity contribution in [3.63, 3.8) is 0 Å². The molecule has 1 aromatic heterocycles. The fourth-order valence-electron chi connectivity index (χ4n) is 2.13. The van der Waals surface area contributed by atoms with Crippen LogP contribution in [0.1, 0.15) is 41.9 Å². The highest BCUT2D eigenvalue weighted by Crippen LogP contribution is 2.21. The first-order valence-electron chi connectivity index (χ1n) is 6.42. The van der Waals surface area contributed by atoms with Crippen molar-refractivity contribution in [1.82, 2.24) is 10.3 Å². The molecule has 0 saturated carbocycles. The number of hydrogen-bond acceptors (Lipinski definition) is 1. The summed E-state index contributed by atoms with van der Waals surface area (Å²) < 4.78 is 0. The van der Waals surface area contributed by atoms with Gasteiger partial charge in [0.15, 0.2) is 0 Å². The summed E-state index contributed by atoms with van der Waals surface area (Å²) in [4.78, 5) is 15.2. The van der Waals surface area contributed by atoms with Crippen LogP contribution in [0.4, 0.5) is 0 Å². The molecular formula is C15H20N2O. The molecule has 2 N–H and O–H groups in total. The molecule has 0 unspecified atom stereocenters. The van der Waals surface area contributed by atoms with E-state index in [0.29, 0.717) is 5.69 Å². The van der Waals surface area contributed by atoms with E-state index >= 15 is 0 Å². The lowest BCUT2D eigenvalue weighted by Crippen LogP contribution is -2.32. The van der Waals surface area contributed by atoms with Crippen molar-refractivity contribution < 1.29 is 4.79 Å². The van der Waals surface area contributed by atoms with Crippen molar-refractivity contribution in [3.05, 3.63) is 35.0 Å². The summed E-state index contributed by atoms with van der Waals surface area (Å²) in [6.07, 6.45) is 0.935. The maximum Gasteiger partial charge on any atom is 0.267 e. The van der Waals surface area contributed by atoms with Gasteiger partial charge in [-0.05, 0) is 50.5 Å². The summed E-state index contributed by atoms with van der Waals surface area (Å²) in [7, 11) is 0. The van der Waals surface area contributed by atoms with E-state index in [4.69, 9.17) is 0 Å². The summed E-state index contributed by atoms with van der Waals surface area (Å²) >= 11 is 0. The number of benzene rings is 1. The summed E-state index contributed by atoms with van der Waals surface area (Å²) in [5, 5.41) is 4.09. The van der Waals surface area contributed by atoms with E-state index < -0.39 is 0 Å². The van der Waals surface area contributed by atoms with Crippen molar-refractivity contribution in [2.75, 3.05) is 0 Å². The molecule has 0 aliphatic rings. The molecule has 2 rings (SSSR count). The number of hydrogen-bond donors (Lipinski definition) is 2. The van der Waals surface area contributed by atoms with Gasteiger partial charge in [-0.3, -0.25) is 4.79 Å². The Kier molecular flexibility index (Phi) is 3.41. The molecule has 0 bridgehead atoms. The Labute approximate surface area is 108 Å². The number of aryl methyl sites for hydroxylation is 2. The van der Waals surface area contributed by atoms with Crippen LogP contribution in [0.5, 0.6) is 0 Å². The fourth-order valence-corrected chi connectivity index (χ4v) is 2.13. The number of carbonyl (C=O) groups excluding carboxylic acids is 1. The largest absolute Gasteiger partial charge is 0.351 e. The van der Waals surface area contributed by atoms with E-state index in [-0.39, 0.29) is 11.9 Å². The van der Waals surface area contributed by atoms with E-state index in [1.54, 1.807) is 0 Å². The van der Waals surface area contributed by atoms with Crippen molar-refractivity contribution in [2.24, 2.45) is 0 Å². The highest BCUT2D eigenvalue weighted by molar-refractivity contribution is 5.99. The van der Waals surface area contributed by atoms with E-state index in [2.05, 4.69) is 43.2 Å². The average Bonchev–Trinajstić information content (AvgIpc) is 2.72. The van der Waals surface area contributed by atoms with Crippen molar-refractivity contribution in [2.45, 2.75) is 40.2 Å². The third-order valence-electron chi connectivity index (χ3n) is 3.32. The molecule has 1 aromatic carbocycles. The predicted molar refractivity (Wildman–Crippen MR) is 75.0 cm³/mol.